The van der Waals surface area contributed by atoms with E-state index >= 15 is 0 Å². The van der Waals surface area contributed by atoms with Crippen LogP contribution in [0.4, 0.5) is 5.13 Å². The average Bonchev–Trinajstić information content (AvgIpc) is 2.77. The second kappa shape index (κ2) is 6.01. The van der Waals surface area contributed by atoms with Crippen LogP contribution in [0, 0.1) is 12.3 Å². The van der Waals surface area contributed by atoms with Gasteiger partial charge in [-0.15, -0.1) is 0 Å². The van der Waals surface area contributed by atoms with Gasteiger partial charge in [-0.2, -0.15) is 0 Å². The molecule has 1 aliphatic rings. The number of piperidine rings is 1. The van der Waals surface area contributed by atoms with Crippen LogP contribution in [0.25, 0.3) is 0 Å². The van der Waals surface area contributed by atoms with Crippen LogP contribution in [-0.4, -0.2) is 40.0 Å². The summed E-state index contributed by atoms with van der Waals surface area (Å²) in [5.74, 6) is -0.953. The Kier molecular flexibility index (Phi) is 4.51. The minimum atomic E-state index is -0.813. The molecule has 6 nitrogen and oxygen atoms in total. The van der Waals surface area contributed by atoms with Gasteiger partial charge in [-0.05, 0) is 26.2 Å². The highest BCUT2D eigenvalue weighted by Crippen LogP contribution is 2.36. The number of aryl methyl sites for hydroxylation is 1. The predicted octanol–water partition coefficient (Wildman–Crippen LogP) is 2.14. The van der Waals surface area contributed by atoms with Gasteiger partial charge in [0, 0.05) is 13.1 Å². The summed E-state index contributed by atoms with van der Waals surface area (Å²) in [4.78, 5) is 30.5. The van der Waals surface area contributed by atoms with Gasteiger partial charge in [-0.1, -0.05) is 24.7 Å². The molecule has 1 atom stereocenters. The number of nitrogens with two attached hydrogens (primary N) is 1. The topological polar surface area (TPSA) is 96.5 Å². The van der Waals surface area contributed by atoms with Crippen LogP contribution in [0.1, 0.15) is 48.0 Å². The third kappa shape index (κ3) is 3.02. The number of hydrogen-bond acceptors (Lipinski definition) is 5. The molecular weight excluding hydrogens is 290 g/mol. The SMILES string of the molecule is CCCC1(C(=O)O)CCCN(C(=O)c2sc(N)nc2C)C1. The van der Waals surface area contributed by atoms with Crippen LogP contribution in [0.3, 0.4) is 0 Å². The van der Waals surface area contributed by atoms with E-state index in [1.807, 2.05) is 6.92 Å². The Morgan fingerprint density at radius 1 is 1.52 bits per heavy atom. The Morgan fingerprint density at radius 3 is 2.76 bits per heavy atom. The molecule has 0 aromatic carbocycles. The van der Waals surface area contributed by atoms with Gasteiger partial charge in [0.15, 0.2) is 5.13 Å². The van der Waals surface area contributed by atoms with Crippen molar-refractivity contribution >= 4 is 28.3 Å². The summed E-state index contributed by atoms with van der Waals surface area (Å²) in [7, 11) is 0. The third-order valence-electron chi connectivity index (χ3n) is 4.05. The van der Waals surface area contributed by atoms with Gasteiger partial charge in [0.05, 0.1) is 11.1 Å². The van der Waals surface area contributed by atoms with Crippen molar-refractivity contribution in [2.45, 2.75) is 39.5 Å². The lowest BCUT2D eigenvalue weighted by molar-refractivity contribution is -0.152. The summed E-state index contributed by atoms with van der Waals surface area (Å²) >= 11 is 1.17. The monoisotopic (exact) mass is 311 g/mol. The fraction of sp³-hybridized carbons (Fsp3) is 0.643. The van der Waals surface area contributed by atoms with E-state index in [4.69, 9.17) is 5.73 Å². The number of carboxylic acid groups (broad SMARTS) is 1. The fourth-order valence-corrected chi connectivity index (χ4v) is 3.83. The van der Waals surface area contributed by atoms with Crippen LogP contribution in [0.15, 0.2) is 0 Å². The minimum absolute atomic E-state index is 0.150. The second-order valence-electron chi connectivity index (χ2n) is 5.63. The number of nitrogen functional groups attached to an aromatic ring is 1. The second-order valence-corrected chi connectivity index (χ2v) is 6.66. The third-order valence-corrected chi connectivity index (χ3v) is 5.03. The Labute approximate surface area is 128 Å². The molecule has 1 aromatic rings. The van der Waals surface area contributed by atoms with E-state index < -0.39 is 11.4 Å². The number of rotatable bonds is 4. The molecule has 0 aliphatic carbocycles. The Bertz CT molecular complexity index is 554. The molecule has 2 heterocycles. The number of thiazole rings is 1. The Balaban J connectivity index is 2.22. The highest BCUT2D eigenvalue weighted by molar-refractivity contribution is 7.17. The zero-order valence-corrected chi connectivity index (χ0v) is 13.2. The van der Waals surface area contributed by atoms with Crippen molar-refractivity contribution in [3.05, 3.63) is 10.6 Å². The van der Waals surface area contributed by atoms with Crippen molar-refractivity contribution in [1.29, 1.82) is 0 Å². The summed E-state index contributed by atoms with van der Waals surface area (Å²) in [6.07, 6.45) is 2.73. The van der Waals surface area contributed by atoms with Gasteiger partial charge in [0.25, 0.3) is 5.91 Å². The number of anilines is 1. The molecule has 1 unspecified atom stereocenters. The lowest BCUT2D eigenvalue weighted by Gasteiger charge is -2.39. The zero-order valence-electron chi connectivity index (χ0n) is 12.4. The highest BCUT2D eigenvalue weighted by Gasteiger charge is 2.43. The summed E-state index contributed by atoms with van der Waals surface area (Å²) in [5.41, 5.74) is 5.44. The summed E-state index contributed by atoms with van der Waals surface area (Å²) < 4.78 is 0. The van der Waals surface area contributed by atoms with E-state index in [1.165, 1.54) is 11.3 Å². The van der Waals surface area contributed by atoms with Gasteiger partial charge < -0.3 is 15.7 Å². The molecule has 1 fully saturated rings. The number of hydrogen-bond donors (Lipinski definition) is 2. The molecular formula is C14H21N3O3S. The number of aliphatic carboxylic acids is 1. The van der Waals surface area contributed by atoms with Gasteiger partial charge in [0.2, 0.25) is 0 Å². The number of nitrogens with zero attached hydrogens (tertiary/aromatic N) is 2. The molecule has 0 radical (unpaired) electrons. The maximum Gasteiger partial charge on any atom is 0.311 e. The van der Waals surface area contributed by atoms with Gasteiger partial charge in [-0.25, -0.2) is 4.98 Å². The first-order valence-electron chi connectivity index (χ1n) is 7.15. The first-order chi connectivity index (χ1) is 9.89. The van der Waals surface area contributed by atoms with Gasteiger partial charge in [0.1, 0.15) is 4.88 Å². The molecule has 7 heteroatoms. The quantitative estimate of drug-likeness (QED) is 0.888. The smallest absolute Gasteiger partial charge is 0.311 e. The van der Waals surface area contributed by atoms with E-state index in [1.54, 1.807) is 11.8 Å². The molecule has 0 saturated carbocycles. The number of carbonyl (C=O) groups excluding carboxylic acids is 1. The lowest BCUT2D eigenvalue weighted by atomic mass is 9.76. The molecule has 0 spiro atoms. The number of aromatic nitrogens is 1. The van der Waals surface area contributed by atoms with E-state index in [0.717, 1.165) is 6.42 Å². The first kappa shape index (κ1) is 15.8. The van der Waals surface area contributed by atoms with Crippen LogP contribution >= 0.6 is 11.3 Å². The van der Waals surface area contributed by atoms with Gasteiger partial charge >= 0.3 is 5.97 Å². The van der Waals surface area contributed by atoms with Crippen molar-refractivity contribution in [3.63, 3.8) is 0 Å². The van der Waals surface area contributed by atoms with Crippen LogP contribution in [0.2, 0.25) is 0 Å². The average molecular weight is 311 g/mol. The Morgan fingerprint density at radius 2 is 2.24 bits per heavy atom. The molecule has 1 saturated heterocycles. The molecule has 0 bridgehead atoms. The number of carbonyl (C=O) groups is 2. The van der Waals surface area contributed by atoms with Crippen LogP contribution in [0.5, 0.6) is 0 Å². The van der Waals surface area contributed by atoms with Crippen molar-refractivity contribution in [1.82, 2.24) is 9.88 Å². The molecule has 1 aromatic heterocycles. The summed E-state index contributed by atoms with van der Waals surface area (Å²) in [6, 6.07) is 0. The first-order valence-corrected chi connectivity index (χ1v) is 7.97. The van der Waals surface area contributed by atoms with Crippen molar-refractivity contribution in [2.75, 3.05) is 18.8 Å². The fourth-order valence-electron chi connectivity index (χ4n) is 3.03. The molecule has 1 aliphatic heterocycles. The maximum absolute atomic E-state index is 12.6. The van der Waals surface area contributed by atoms with E-state index in [9.17, 15) is 14.7 Å². The van der Waals surface area contributed by atoms with Crippen LogP contribution in [-0.2, 0) is 4.79 Å². The largest absolute Gasteiger partial charge is 0.481 e. The predicted molar refractivity (Wildman–Crippen MR) is 81.4 cm³/mol. The molecule has 2 rings (SSSR count). The minimum Gasteiger partial charge on any atom is -0.481 e. The zero-order chi connectivity index (χ0) is 15.6. The normalized spacial score (nSPS) is 22.3. The molecule has 1 amide bonds. The molecule has 3 N–H and O–H groups in total. The van der Waals surface area contributed by atoms with Crippen molar-refractivity contribution < 1.29 is 14.7 Å². The Hall–Kier alpha value is -1.63. The van der Waals surface area contributed by atoms with Crippen molar-refractivity contribution in [2.24, 2.45) is 5.41 Å². The number of likely N-dealkylation sites (tertiary alicyclic amines) is 1. The molecule has 21 heavy (non-hydrogen) atoms. The van der Waals surface area contributed by atoms with E-state index in [-0.39, 0.29) is 12.5 Å². The van der Waals surface area contributed by atoms with Gasteiger partial charge in [-0.3, -0.25) is 9.59 Å². The number of carboxylic acids is 1. The van der Waals surface area contributed by atoms with E-state index in [2.05, 4.69) is 4.98 Å². The van der Waals surface area contributed by atoms with Crippen molar-refractivity contribution in [3.8, 4) is 0 Å². The summed E-state index contributed by atoms with van der Waals surface area (Å²) in [5, 5.41) is 9.95. The standard InChI is InChI=1S/C14H21N3O3S/c1-3-5-14(12(19)20)6-4-7-17(8-14)11(18)10-9(2)16-13(15)21-10/h3-8H2,1-2H3,(H2,15,16)(H,19,20). The maximum atomic E-state index is 12.6. The molecule has 116 valence electrons. The lowest BCUT2D eigenvalue weighted by Crippen LogP contribution is -2.49. The summed E-state index contributed by atoms with van der Waals surface area (Å²) in [6.45, 7) is 4.58. The van der Waals surface area contributed by atoms with E-state index in [0.29, 0.717) is 41.5 Å². The van der Waals surface area contributed by atoms with Crippen LogP contribution < -0.4 is 5.73 Å². The highest BCUT2D eigenvalue weighted by atomic mass is 32.1. The number of amides is 1.